The van der Waals surface area contributed by atoms with Gasteiger partial charge in [-0.3, -0.25) is 0 Å². The van der Waals surface area contributed by atoms with Crippen molar-refractivity contribution in [1.82, 2.24) is 5.32 Å². The molecule has 0 spiro atoms. The second-order valence-electron chi connectivity index (χ2n) is 6.04. The van der Waals surface area contributed by atoms with Crippen molar-refractivity contribution < 1.29 is 14.6 Å². The SMILES string of the molecule is Cc1ccc(C)c(OCC(O)CNC2CCOC(C)C2)c1. The van der Waals surface area contributed by atoms with E-state index in [2.05, 4.69) is 18.3 Å². The molecule has 1 aromatic carbocycles. The van der Waals surface area contributed by atoms with E-state index in [1.54, 1.807) is 0 Å². The van der Waals surface area contributed by atoms with Gasteiger partial charge in [-0.1, -0.05) is 12.1 Å². The van der Waals surface area contributed by atoms with Crippen molar-refractivity contribution in [2.75, 3.05) is 19.8 Å². The Bertz CT molecular complexity index is 450. The smallest absolute Gasteiger partial charge is 0.122 e. The average Bonchev–Trinajstić information content (AvgIpc) is 2.46. The number of aliphatic hydroxyl groups excluding tert-OH is 1. The van der Waals surface area contributed by atoms with E-state index in [9.17, 15) is 5.11 Å². The van der Waals surface area contributed by atoms with Crippen molar-refractivity contribution >= 4 is 0 Å². The predicted octanol–water partition coefficient (Wildman–Crippen LogP) is 2.20. The van der Waals surface area contributed by atoms with Crippen LogP contribution in [0.25, 0.3) is 0 Å². The van der Waals surface area contributed by atoms with Gasteiger partial charge in [-0.2, -0.15) is 0 Å². The molecule has 4 heteroatoms. The molecule has 0 radical (unpaired) electrons. The van der Waals surface area contributed by atoms with Gasteiger partial charge in [0.2, 0.25) is 0 Å². The lowest BCUT2D eigenvalue weighted by Gasteiger charge is -2.28. The zero-order valence-corrected chi connectivity index (χ0v) is 13.3. The Hall–Kier alpha value is -1.10. The Morgan fingerprint density at radius 2 is 2.24 bits per heavy atom. The quantitative estimate of drug-likeness (QED) is 0.844. The number of aryl methyl sites for hydroxylation is 2. The maximum Gasteiger partial charge on any atom is 0.122 e. The molecule has 1 saturated heterocycles. The number of benzene rings is 1. The fraction of sp³-hybridized carbons (Fsp3) is 0.647. The van der Waals surface area contributed by atoms with E-state index in [1.165, 1.54) is 5.56 Å². The third kappa shape index (κ3) is 5.30. The summed E-state index contributed by atoms with van der Waals surface area (Å²) in [4.78, 5) is 0. The van der Waals surface area contributed by atoms with Crippen LogP contribution < -0.4 is 10.1 Å². The molecular weight excluding hydrogens is 266 g/mol. The molecule has 2 rings (SSSR count). The van der Waals surface area contributed by atoms with Crippen molar-refractivity contribution in [2.24, 2.45) is 0 Å². The van der Waals surface area contributed by atoms with Crippen molar-refractivity contribution in [2.45, 2.75) is 51.9 Å². The van der Waals surface area contributed by atoms with Crippen LogP contribution in [0.5, 0.6) is 5.75 Å². The standard InChI is InChI=1S/C17H27NO3/c1-12-4-5-13(2)17(8-12)21-11-16(19)10-18-15-6-7-20-14(3)9-15/h4-5,8,14-16,18-19H,6-7,9-11H2,1-3H3. The van der Waals surface area contributed by atoms with Gasteiger partial charge in [-0.25, -0.2) is 0 Å². The first-order valence-corrected chi connectivity index (χ1v) is 7.77. The largest absolute Gasteiger partial charge is 0.491 e. The third-order valence-electron chi connectivity index (χ3n) is 3.90. The fourth-order valence-corrected chi connectivity index (χ4v) is 2.59. The van der Waals surface area contributed by atoms with Gasteiger partial charge in [-0.05, 0) is 50.8 Å². The molecule has 1 aliphatic heterocycles. The summed E-state index contributed by atoms with van der Waals surface area (Å²) in [7, 11) is 0. The Kier molecular flexibility index (Phi) is 6.03. The van der Waals surface area contributed by atoms with Crippen molar-refractivity contribution in [3.63, 3.8) is 0 Å². The zero-order chi connectivity index (χ0) is 15.2. The molecule has 0 bridgehead atoms. The van der Waals surface area contributed by atoms with E-state index in [-0.39, 0.29) is 0 Å². The monoisotopic (exact) mass is 293 g/mol. The molecule has 1 fully saturated rings. The summed E-state index contributed by atoms with van der Waals surface area (Å²) in [6.07, 6.45) is 1.82. The number of ether oxygens (including phenoxy) is 2. The van der Waals surface area contributed by atoms with E-state index in [0.717, 1.165) is 30.8 Å². The van der Waals surface area contributed by atoms with Crippen LogP contribution in [0.15, 0.2) is 18.2 Å². The summed E-state index contributed by atoms with van der Waals surface area (Å²) in [5.74, 6) is 0.855. The van der Waals surface area contributed by atoms with Crippen LogP contribution in [0.1, 0.15) is 30.9 Å². The van der Waals surface area contributed by atoms with Gasteiger partial charge in [0.15, 0.2) is 0 Å². The van der Waals surface area contributed by atoms with Gasteiger partial charge >= 0.3 is 0 Å². The second kappa shape index (κ2) is 7.78. The van der Waals surface area contributed by atoms with Gasteiger partial charge in [0, 0.05) is 19.2 Å². The highest BCUT2D eigenvalue weighted by Gasteiger charge is 2.19. The summed E-state index contributed by atoms with van der Waals surface area (Å²) in [6.45, 7) is 7.82. The highest BCUT2D eigenvalue weighted by Crippen LogP contribution is 2.19. The van der Waals surface area contributed by atoms with Crippen LogP contribution >= 0.6 is 0 Å². The number of hydrogen-bond donors (Lipinski definition) is 2. The van der Waals surface area contributed by atoms with Gasteiger partial charge in [0.1, 0.15) is 18.5 Å². The third-order valence-corrected chi connectivity index (χ3v) is 3.90. The minimum absolute atomic E-state index is 0.305. The minimum Gasteiger partial charge on any atom is -0.491 e. The van der Waals surface area contributed by atoms with Crippen LogP contribution in [0.3, 0.4) is 0 Å². The zero-order valence-electron chi connectivity index (χ0n) is 13.3. The lowest BCUT2D eigenvalue weighted by Crippen LogP contribution is -2.42. The van der Waals surface area contributed by atoms with E-state index in [0.29, 0.717) is 25.3 Å². The van der Waals surface area contributed by atoms with Crippen molar-refractivity contribution in [3.05, 3.63) is 29.3 Å². The summed E-state index contributed by atoms with van der Waals surface area (Å²) in [5.41, 5.74) is 2.26. The van der Waals surface area contributed by atoms with E-state index >= 15 is 0 Å². The normalized spacial score (nSPS) is 23.8. The molecular formula is C17H27NO3. The second-order valence-corrected chi connectivity index (χ2v) is 6.04. The molecule has 1 aromatic rings. The summed E-state index contributed by atoms with van der Waals surface area (Å²) >= 11 is 0. The van der Waals surface area contributed by atoms with E-state index in [4.69, 9.17) is 9.47 Å². The van der Waals surface area contributed by atoms with E-state index in [1.807, 2.05) is 26.0 Å². The first-order valence-electron chi connectivity index (χ1n) is 7.77. The molecule has 118 valence electrons. The van der Waals surface area contributed by atoms with Crippen LogP contribution in [-0.4, -0.2) is 43.1 Å². The highest BCUT2D eigenvalue weighted by molar-refractivity contribution is 5.35. The fourth-order valence-electron chi connectivity index (χ4n) is 2.59. The lowest BCUT2D eigenvalue weighted by atomic mass is 10.0. The van der Waals surface area contributed by atoms with Gasteiger partial charge < -0.3 is 19.9 Å². The molecule has 1 aliphatic rings. The Morgan fingerprint density at radius 1 is 1.43 bits per heavy atom. The summed E-state index contributed by atoms with van der Waals surface area (Å²) in [5, 5.41) is 13.5. The number of aliphatic hydroxyl groups is 1. The minimum atomic E-state index is -0.497. The molecule has 0 amide bonds. The topological polar surface area (TPSA) is 50.7 Å². The number of rotatable bonds is 6. The van der Waals surface area contributed by atoms with E-state index < -0.39 is 6.10 Å². The lowest BCUT2D eigenvalue weighted by molar-refractivity contribution is 0.00965. The Labute approximate surface area is 127 Å². The highest BCUT2D eigenvalue weighted by atomic mass is 16.5. The Morgan fingerprint density at radius 3 is 3.00 bits per heavy atom. The van der Waals surface area contributed by atoms with Crippen LogP contribution in [0, 0.1) is 13.8 Å². The van der Waals surface area contributed by atoms with Crippen LogP contribution in [0.2, 0.25) is 0 Å². The molecule has 4 nitrogen and oxygen atoms in total. The van der Waals surface area contributed by atoms with Crippen LogP contribution in [-0.2, 0) is 4.74 Å². The Balaban J connectivity index is 1.72. The molecule has 21 heavy (non-hydrogen) atoms. The van der Waals surface area contributed by atoms with Crippen molar-refractivity contribution in [3.8, 4) is 5.75 Å². The van der Waals surface area contributed by atoms with Crippen LogP contribution in [0.4, 0.5) is 0 Å². The molecule has 3 atom stereocenters. The molecule has 0 saturated carbocycles. The first-order chi connectivity index (χ1) is 10.0. The maximum atomic E-state index is 10.0. The van der Waals surface area contributed by atoms with Gasteiger partial charge in [-0.15, -0.1) is 0 Å². The van der Waals surface area contributed by atoms with Gasteiger partial charge in [0.05, 0.1) is 6.10 Å². The maximum absolute atomic E-state index is 10.0. The number of nitrogens with one attached hydrogen (secondary N) is 1. The molecule has 0 aromatic heterocycles. The predicted molar refractivity (Wildman–Crippen MR) is 83.9 cm³/mol. The van der Waals surface area contributed by atoms with Crippen molar-refractivity contribution in [1.29, 1.82) is 0 Å². The molecule has 1 heterocycles. The molecule has 3 unspecified atom stereocenters. The summed E-state index contributed by atoms with van der Waals surface area (Å²) in [6, 6.07) is 6.55. The number of hydrogen-bond acceptors (Lipinski definition) is 4. The molecule has 2 N–H and O–H groups in total. The average molecular weight is 293 g/mol. The molecule has 0 aliphatic carbocycles. The summed E-state index contributed by atoms with van der Waals surface area (Å²) < 4.78 is 11.2. The first kappa shape index (κ1) is 16.3. The van der Waals surface area contributed by atoms with Gasteiger partial charge in [0.25, 0.3) is 0 Å².